The van der Waals surface area contributed by atoms with Gasteiger partial charge in [-0.25, -0.2) is 0 Å². The molecule has 0 amide bonds. The highest BCUT2D eigenvalue weighted by atomic mass is 79.9. The van der Waals surface area contributed by atoms with Crippen molar-refractivity contribution in [3.63, 3.8) is 0 Å². The zero-order valence-electron chi connectivity index (χ0n) is 10.7. The smallest absolute Gasteiger partial charge is 0.0437 e. The quantitative estimate of drug-likeness (QED) is 0.929. The summed E-state index contributed by atoms with van der Waals surface area (Å²) in [4.78, 5) is 2.18. The van der Waals surface area contributed by atoms with E-state index >= 15 is 0 Å². The van der Waals surface area contributed by atoms with E-state index in [2.05, 4.69) is 77.3 Å². The summed E-state index contributed by atoms with van der Waals surface area (Å²) in [6.45, 7) is 2.67. The molecular weight excluding hydrogens is 288 g/mol. The molecule has 0 aromatic heterocycles. The maximum atomic E-state index is 5.67. The molecule has 0 unspecified atom stereocenters. The molecule has 2 aromatic carbocycles. The van der Waals surface area contributed by atoms with Gasteiger partial charge in [0.15, 0.2) is 0 Å². The molecule has 2 N–H and O–H groups in total. The van der Waals surface area contributed by atoms with Gasteiger partial charge in [0.05, 0.1) is 0 Å². The van der Waals surface area contributed by atoms with Crippen LogP contribution in [0.25, 0.3) is 0 Å². The van der Waals surface area contributed by atoms with E-state index in [4.69, 9.17) is 5.73 Å². The van der Waals surface area contributed by atoms with Gasteiger partial charge < -0.3 is 10.6 Å². The first-order valence-electron chi connectivity index (χ1n) is 5.91. The van der Waals surface area contributed by atoms with Crippen molar-refractivity contribution in [3.8, 4) is 0 Å². The summed E-state index contributed by atoms with van der Waals surface area (Å²) in [5.74, 6) is 0. The van der Waals surface area contributed by atoms with Crippen LogP contribution >= 0.6 is 15.9 Å². The predicted octanol–water partition coefficient (Wildman–Crippen LogP) is 3.98. The predicted molar refractivity (Wildman–Crippen MR) is 81.3 cm³/mol. The van der Waals surface area contributed by atoms with Gasteiger partial charge in [-0.2, -0.15) is 0 Å². The second-order valence-corrected chi connectivity index (χ2v) is 5.18. The van der Waals surface area contributed by atoms with Crippen LogP contribution in [0, 0.1) is 6.92 Å². The Kier molecular flexibility index (Phi) is 4.04. The minimum Gasteiger partial charge on any atom is -0.344 e. The van der Waals surface area contributed by atoms with Gasteiger partial charge in [-0.05, 0) is 36.2 Å². The minimum atomic E-state index is 0.551. The van der Waals surface area contributed by atoms with E-state index in [1.165, 1.54) is 11.3 Å². The molecule has 0 heterocycles. The lowest BCUT2D eigenvalue weighted by molar-refractivity contribution is 1.06. The van der Waals surface area contributed by atoms with Gasteiger partial charge in [0.2, 0.25) is 0 Å². The van der Waals surface area contributed by atoms with Crippen molar-refractivity contribution in [2.45, 2.75) is 13.5 Å². The van der Waals surface area contributed by atoms with Crippen molar-refractivity contribution in [3.05, 3.63) is 58.1 Å². The molecule has 0 aliphatic heterocycles. The summed E-state index contributed by atoms with van der Waals surface area (Å²) in [5.41, 5.74) is 10.4. The normalized spacial score (nSPS) is 10.4. The highest BCUT2D eigenvalue weighted by Gasteiger charge is 2.08. The highest BCUT2D eigenvalue weighted by Crippen LogP contribution is 2.29. The van der Waals surface area contributed by atoms with Gasteiger partial charge in [-0.1, -0.05) is 40.2 Å². The fraction of sp³-hybridized carbons (Fsp3) is 0.200. The maximum Gasteiger partial charge on any atom is 0.0437 e. The molecule has 0 saturated carbocycles. The van der Waals surface area contributed by atoms with Gasteiger partial charge in [0, 0.05) is 29.4 Å². The summed E-state index contributed by atoms with van der Waals surface area (Å²) in [7, 11) is 2.08. The van der Waals surface area contributed by atoms with Crippen molar-refractivity contribution < 1.29 is 0 Å². The molecule has 0 saturated heterocycles. The van der Waals surface area contributed by atoms with E-state index in [-0.39, 0.29) is 0 Å². The van der Waals surface area contributed by atoms with Crippen molar-refractivity contribution in [1.29, 1.82) is 0 Å². The third kappa shape index (κ3) is 2.57. The Morgan fingerprint density at radius 2 is 1.89 bits per heavy atom. The first kappa shape index (κ1) is 13.1. The second kappa shape index (κ2) is 5.55. The van der Waals surface area contributed by atoms with E-state index in [1.807, 2.05) is 0 Å². The molecule has 3 heteroatoms. The Morgan fingerprint density at radius 1 is 1.17 bits per heavy atom. The third-order valence-electron chi connectivity index (χ3n) is 3.12. The molecule has 0 spiro atoms. The zero-order valence-corrected chi connectivity index (χ0v) is 12.2. The highest BCUT2D eigenvalue weighted by molar-refractivity contribution is 9.10. The molecule has 94 valence electrons. The average Bonchev–Trinajstić information content (AvgIpc) is 2.38. The number of nitrogens with zero attached hydrogens (tertiary/aromatic N) is 1. The molecule has 2 aromatic rings. The molecule has 18 heavy (non-hydrogen) atoms. The Hall–Kier alpha value is -1.32. The van der Waals surface area contributed by atoms with E-state index in [0.717, 1.165) is 15.7 Å². The summed E-state index contributed by atoms with van der Waals surface area (Å²) in [5, 5.41) is 0. The van der Waals surface area contributed by atoms with Crippen LogP contribution in [0.1, 0.15) is 11.1 Å². The zero-order chi connectivity index (χ0) is 13.1. The number of hydrogen-bond donors (Lipinski definition) is 1. The average molecular weight is 305 g/mol. The Bertz CT molecular complexity index is 552. The van der Waals surface area contributed by atoms with Gasteiger partial charge in [-0.3, -0.25) is 0 Å². The van der Waals surface area contributed by atoms with Gasteiger partial charge in [-0.15, -0.1) is 0 Å². The Morgan fingerprint density at radius 3 is 2.50 bits per heavy atom. The van der Waals surface area contributed by atoms with Crippen LogP contribution in [0.3, 0.4) is 0 Å². The molecule has 0 fully saturated rings. The summed E-state index contributed by atoms with van der Waals surface area (Å²) >= 11 is 3.56. The molecular formula is C15H17BrN2. The van der Waals surface area contributed by atoms with Crippen molar-refractivity contribution in [1.82, 2.24) is 0 Å². The standard InChI is InChI=1S/C15H17BrN2/c1-11-5-3-4-6-15(11)18(2)13-8-7-12(10-17)14(16)9-13/h3-9H,10,17H2,1-2H3. The fourth-order valence-electron chi connectivity index (χ4n) is 1.99. The topological polar surface area (TPSA) is 29.3 Å². The van der Waals surface area contributed by atoms with Crippen molar-refractivity contribution in [2.24, 2.45) is 5.73 Å². The number of nitrogens with two attached hydrogens (primary N) is 1. The third-order valence-corrected chi connectivity index (χ3v) is 3.86. The largest absolute Gasteiger partial charge is 0.344 e. The van der Waals surface area contributed by atoms with Crippen LogP contribution in [-0.4, -0.2) is 7.05 Å². The molecule has 0 aliphatic carbocycles. The number of halogens is 1. The monoisotopic (exact) mass is 304 g/mol. The van der Waals surface area contributed by atoms with Crippen LogP contribution < -0.4 is 10.6 Å². The molecule has 2 rings (SSSR count). The van der Waals surface area contributed by atoms with Crippen LogP contribution in [-0.2, 0) is 6.54 Å². The Labute approximate surface area is 117 Å². The number of hydrogen-bond acceptors (Lipinski definition) is 2. The van der Waals surface area contributed by atoms with E-state index in [1.54, 1.807) is 0 Å². The summed E-state index contributed by atoms with van der Waals surface area (Å²) in [6, 6.07) is 14.6. The van der Waals surface area contributed by atoms with Gasteiger partial charge in [0.1, 0.15) is 0 Å². The number of anilines is 2. The SMILES string of the molecule is Cc1ccccc1N(C)c1ccc(CN)c(Br)c1. The van der Waals surface area contributed by atoms with Crippen LogP contribution in [0.4, 0.5) is 11.4 Å². The van der Waals surface area contributed by atoms with Crippen molar-refractivity contribution in [2.75, 3.05) is 11.9 Å². The number of benzene rings is 2. The lowest BCUT2D eigenvalue weighted by Gasteiger charge is -2.22. The first-order valence-corrected chi connectivity index (χ1v) is 6.70. The summed E-state index contributed by atoms with van der Waals surface area (Å²) in [6.07, 6.45) is 0. The van der Waals surface area contributed by atoms with E-state index in [0.29, 0.717) is 6.54 Å². The molecule has 2 nitrogen and oxygen atoms in total. The fourth-order valence-corrected chi connectivity index (χ4v) is 2.52. The number of para-hydroxylation sites is 1. The second-order valence-electron chi connectivity index (χ2n) is 4.33. The van der Waals surface area contributed by atoms with Crippen molar-refractivity contribution >= 4 is 27.3 Å². The molecule has 0 atom stereocenters. The first-order chi connectivity index (χ1) is 8.63. The molecule has 0 bridgehead atoms. The molecule has 0 aliphatic rings. The van der Waals surface area contributed by atoms with E-state index < -0.39 is 0 Å². The van der Waals surface area contributed by atoms with E-state index in [9.17, 15) is 0 Å². The van der Waals surface area contributed by atoms with Crippen LogP contribution in [0.2, 0.25) is 0 Å². The minimum absolute atomic E-state index is 0.551. The van der Waals surface area contributed by atoms with Gasteiger partial charge >= 0.3 is 0 Å². The number of rotatable bonds is 3. The summed E-state index contributed by atoms with van der Waals surface area (Å²) < 4.78 is 1.06. The lowest BCUT2D eigenvalue weighted by Crippen LogP contribution is -2.11. The number of aryl methyl sites for hydroxylation is 1. The lowest BCUT2D eigenvalue weighted by atomic mass is 10.1. The van der Waals surface area contributed by atoms with Gasteiger partial charge in [0.25, 0.3) is 0 Å². The Balaban J connectivity index is 2.37. The molecule has 0 radical (unpaired) electrons. The van der Waals surface area contributed by atoms with Crippen LogP contribution in [0.5, 0.6) is 0 Å². The maximum absolute atomic E-state index is 5.67. The van der Waals surface area contributed by atoms with Crippen LogP contribution in [0.15, 0.2) is 46.9 Å².